The molecule has 23 heavy (non-hydrogen) atoms. The van der Waals surface area contributed by atoms with Gasteiger partial charge in [0.15, 0.2) is 0 Å². The van der Waals surface area contributed by atoms with Crippen molar-refractivity contribution in [2.24, 2.45) is 7.05 Å². The van der Waals surface area contributed by atoms with E-state index in [0.717, 1.165) is 31.9 Å². The number of piperidine rings is 1. The summed E-state index contributed by atoms with van der Waals surface area (Å²) in [5, 5.41) is 3.00. The molecule has 2 heterocycles. The molecule has 1 aliphatic heterocycles. The third-order valence-electron chi connectivity index (χ3n) is 4.34. The molecule has 0 unspecified atom stereocenters. The van der Waals surface area contributed by atoms with Gasteiger partial charge in [-0.15, -0.1) is 0 Å². The highest BCUT2D eigenvalue weighted by molar-refractivity contribution is 5.94. The number of aryl methyl sites for hydroxylation is 2. The SMILES string of the molecule is Cc1ccc(C(=O)NC2CCN(c3nccn3C)CC2)cc1F. The van der Waals surface area contributed by atoms with Gasteiger partial charge in [0.25, 0.3) is 5.91 Å². The number of anilines is 1. The second-order valence-electron chi connectivity index (χ2n) is 6.04. The fraction of sp³-hybridized carbons (Fsp3) is 0.412. The fourth-order valence-electron chi connectivity index (χ4n) is 2.89. The summed E-state index contributed by atoms with van der Waals surface area (Å²) in [6.45, 7) is 3.38. The first-order valence-electron chi connectivity index (χ1n) is 7.84. The van der Waals surface area contributed by atoms with Gasteiger partial charge in [-0.05, 0) is 37.5 Å². The first-order chi connectivity index (χ1) is 11.0. The molecule has 122 valence electrons. The Hall–Kier alpha value is -2.37. The fourth-order valence-corrected chi connectivity index (χ4v) is 2.89. The highest BCUT2D eigenvalue weighted by Gasteiger charge is 2.23. The molecule has 0 atom stereocenters. The number of carbonyl (C=O) groups excluding carboxylic acids is 1. The number of carbonyl (C=O) groups is 1. The lowest BCUT2D eigenvalue weighted by atomic mass is 10.0. The second kappa shape index (κ2) is 6.40. The van der Waals surface area contributed by atoms with Gasteiger partial charge in [-0.2, -0.15) is 0 Å². The molecule has 1 aliphatic rings. The Morgan fingerprint density at radius 3 is 2.70 bits per heavy atom. The molecule has 0 radical (unpaired) electrons. The van der Waals surface area contributed by atoms with E-state index >= 15 is 0 Å². The zero-order chi connectivity index (χ0) is 16.4. The van der Waals surface area contributed by atoms with Crippen LogP contribution in [0.25, 0.3) is 0 Å². The van der Waals surface area contributed by atoms with Crippen molar-refractivity contribution in [3.05, 3.63) is 47.5 Å². The number of benzene rings is 1. The standard InChI is InChI=1S/C17H21FN4O/c1-12-3-4-13(11-15(12)18)16(23)20-14-5-8-22(9-6-14)17-19-7-10-21(17)2/h3-4,7,10-11,14H,5-6,8-9H2,1-2H3,(H,20,23). The lowest BCUT2D eigenvalue weighted by Crippen LogP contribution is -2.45. The number of rotatable bonds is 3. The van der Waals surface area contributed by atoms with E-state index < -0.39 is 0 Å². The Kier molecular flexibility index (Phi) is 4.32. The van der Waals surface area contributed by atoms with E-state index in [1.807, 2.05) is 17.8 Å². The smallest absolute Gasteiger partial charge is 0.251 e. The van der Waals surface area contributed by atoms with Crippen LogP contribution in [0.3, 0.4) is 0 Å². The van der Waals surface area contributed by atoms with Crippen LogP contribution >= 0.6 is 0 Å². The molecule has 2 aromatic rings. The topological polar surface area (TPSA) is 50.2 Å². The molecule has 1 aromatic heterocycles. The molecule has 0 saturated carbocycles. The van der Waals surface area contributed by atoms with Crippen LogP contribution < -0.4 is 10.2 Å². The van der Waals surface area contributed by atoms with Gasteiger partial charge in [0.1, 0.15) is 5.82 Å². The Morgan fingerprint density at radius 2 is 2.09 bits per heavy atom. The average molecular weight is 316 g/mol. The maximum atomic E-state index is 13.6. The van der Waals surface area contributed by atoms with Gasteiger partial charge in [-0.3, -0.25) is 4.79 Å². The van der Waals surface area contributed by atoms with Gasteiger partial charge >= 0.3 is 0 Å². The van der Waals surface area contributed by atoms with Gasteiger partial charge in [-0.25, -0.2) is 9.37 Å². The van der Waals surface area contributed by atoms with Gasteiger partial charge in [-0.1, -0.05) is 6.07 Å². The zero-order valence-corrected chi connectivity index (χ0v) is 13.4. The van der Waals surface area contributed by atoms with Crippen LogP contribution in [0.4, 0.5) is 10.3 Å². The summed E-state index contributed by atoms with van der Waals surface area (Å²) in [7, 11) is 1.97. The van der Waals surface area contributed by atoms with Crippen molar-refractivity contribution in [1.29, 1.82) is 0 Å². The molecule has 1 fully saturated rings. The third-order valence-corrected chi connectivity index (χ3v) is 4.34. The lowest BCUT2D eigenvalue weighted by Gasteiger charge is -2.33. The van der Waals surface area contributed by atoms with Crippen molar-refractivity contribution >= 4 is 11.9 Å². The summed E-state index contributed by atoms with van der Waals surface area (Å²) in [4.78, 5) is 18.8. The van der Waals surface area contributed by atoms with Crippen LogP contribution in [0, 0.1) is 12.7 Å². The molecule has 0 spiro atoms. The minimum atomic E-state index is -0.345. The van der Waals surface area contributed by atoms with Crippen LogP contribution in [0.1, 0.15) is 28.8 Å². The molecule has 0 bridgehead atoms. The van der Waals surface area contributed by atoms with E-state index in [4.69, 9.17) is 0 Å². The van der Waals surface area contributed by atoms with Crippen LogP contribution in [-0.2, 0) is 7.05 Å². The van der Waals surface area contributed by atoms with E-state index in [1.54, 1.807) is 25.3 Å². The summed E-state index contributed by atoms with van der Waals surface area (Å²) < 4.78 is 15.6. The number of halogens is 1. The normalized spacial score (nSPS) is 15.7. The number of aromatic nitrogens is 2. The molecule has 1 aromatic carbocycles. The maximum Gasteiger partial charge on any atom is 0.251 e. The van der Waals surface area contributed by atoms with Crippen molar-refractivity contribution in [3.63, 3.8) is 0 Å². The molecule has 3 rings (SSSR count). The van der Waals surface area contributed by atoms with Crippen LogP contribution in [0.5, 0.6) is 0 Å². The van der Waals surface area contributed by atoms with Crippen molar-refractivity contribution in [2.75, 3.05) is 18.0 Å². The van der Waals surface area contributed by atoms with Gasteiger partial charge in [0.05, 0.1) is 0 Å². The molecule has 1 N–H and O–H groups in total. The molecule has 1 saturated heterocycles. The number of hydrogen-bond donors (Lipinski definition) is 1. The predicted molar refractivity (Wildman–Crippen MR) is 87.0 cm³/mol. The van der Waals surface area contributed by atoms with E-state index in [1.165, 1.54) is 6.07 Å². The van der Waals surface area contributed by atoms with Gasteiger partial charge in [0.2, 0.25) is 5.95 Å². The van der Waals surface area contributed by atoms with E-state index in [9.17, 15) is 9.18 Å². The van der Waals surface area contributed by atoms with Gasteiger partial charge < -0.3 is 14.8 Å². The number of nitrogens with zero attached hydrogens (tertiary/aromatic N) is 3. The Balaban J connectivity index is 1.57. The summed E-state index contributed by atoms with van der Waals surface area (Å²) in [5.74, 6) is 0.400. The molecule has 6 heteroatoms. The lowest BCUT2D eigenvalue weighted by molar-refractivity contribution is 0.0930. The first kappa shape index (κ1) is 15.5. The molecule has 0 aliphatic carbocycles. The van der Waals surface area contributed by atoms with Crippen LogP contribution in [0.2, 0.25) is 0 Å². The quantitative estimate of drug-likeness (QED) is 0.945. The van der Waals surface area contributed by atoms with Crippen LogP contribution in [-0.4, -0.2) is 34.6 Å². The minimum absolute atomic E-state index is 0.114. The molecule has 5 nitrogen and oxygen atoms in total. The summed E-state index contributed by atoms with van der Waals surface area (Å²) in [6.07, 6.45) is 5.42. The first-order valence-corrected chi connectivity index (χ1v) is 7.84. The van der Waals surface area contributed by atoms with E-state index in [0.29, 0.717) is 11.1 Å². The van der Waals surface area contributed by atoms with Crippen molar-refractivity contribution in [2.45, 2.75) is 25.8 Å². The predicted octanol–water partition coefficient (Wildman–Crippen LogP) is 2.27. The summed E-state index contributed by atoms with van der Waals surface area (Å²) >= 11 is 0. The van der Waals surface area contributed by atoms with Crippen LogP contribution in [0.15, 0.2) is 30.6 Å². The minimum Gasteiger partial charge on any atom is -0.349 e. The van der Waals surface area contributed by atoms with Crippen molar-refractivity contribution in [1.82, 2.24) is 14.9 Å². The molecule has 1 amide bonds. The Bertz CT molecular complexity index is 704. The van der Waals surface area contributed by atoms with Gasteiger partial charge in [0, 0.05) is 44.1 Å². The number of hydrogen-bond acceptors (Lipinski definition) is 3. The largest absolute Gasteiger partial charge is 0.349 e. The monoisotopic (exact) mass is 316 g/mol. The zero-order valence-electron chi connectivity index (χ0n) is 13.4. The van der Waals surface area contributed by atoms with E-state index in [2.05, 4.69) is 15.2 Å². The highest BCUT2D eigenvalue weighted by atomic mass is 19.1. The second-order valence-corrected chi connectivity index (χ2v) is 6.04. The Morgan fingerprint density at radius 1 is 1.35 bits per heavy atom. The van der Waals surface area contributed by atoms with Crippen molar-refractivity contribution in [3.8, 4) is 0 Å². The van der Waals surface area contributed by atoms with E-state index in [-0.39, 0.29) is 17.8 Å². The highest BCUT2D eigenvalue weighted by Crippen LogP contribution is 2.18. The maximum absolute atomic E-state index is 13.6. The summed E-state index contributed by atoms with van der Waals surface area (Å²) in [5.41, 5.74) is 0.921. The molecular weight excluding hydrogens is 295 g/mol. The average Bonchev–Trinajstić information content (AvgIpc) is 2.97. The Labute approximate surface area is 135 Å². The number of imidazole rings is 1. The van der Waals surface area contributed by atoms with Crippen molar-refractivity contribution < 1.29 is 9.18 Å². The third kappa shape index (κ3) is 3.36. The number of amides is 1. The molecular formula is C17H21FN4O. The summed E-state index contributed by atoms with van der Waals surface area (Å²) in [6, 6.07) is 4.71. The number of nitrogens with one attached hydrogen (secondary N) is 1.